The highest BCUT2D eigenvalue weighted by Crippen LogP contribution is 2.24. The SMILES string of the molecule is COC(=O)CCCc1cc(I)c(N)c(I)c1. The molecule has 1 aromatic rings. The summed E-state index contributed by atoms with van der Waals surface area (Å²) >= 11 is 4.45. The van der Waals surface area contributed by atoms with E-state index in [-0.39, 0.29) is 5.97 Å². The first-order valence-electron chi connectivity index (χ1n) is 4.84. The summed E-state index contributed by atoms with van der Waals surface area (Å²) in [6.45, 7) is 0. The van der Waals surface area contributed by atoms with Crippen molar-refractivity contribution in [3.8, 4) is 0 Å². The number of carbonyl (C=O) groups is 1. The molecule has 88 valence electrons. The molecule has 0 unspecified atom stereocenters. The Morgan fingerprint density at radius 3 is 2.44 bits per heavy atom. The minimum absolute atomic E-state index is 0.153. The largest absolute Gasteiger partial charge is 0.469 e. The van der Waals surface area contributed by atoms with Gasteiger partial charge < -0.3 is 10.5 Å². The third-order valence-electron chi connectivity index (χ3n) is 2.21. The molecule has 5 heteroatoms. The van der Waals surface area contributed by atoms with Gasteiger partial charge in [0.05, 0.1) is 12.8 Å². The van der Waals surface area contributed by atoms with Crippen LogP contribution in [0.2, 0.25) is 0 Å². The molecule has 1 rings (SSSR count). The molecule has 0 saturated carbocycles. The number of nitrogen functional groups attached to an aromatic ring is 1. The van der Waals surface area contributed by atoms with E-state index in [1.807, 2.05) is 0 Å². The first-order valence-corrected chi connectivity index (χ1v) is 7.00. The van der Waals surface area contributed by atoms with Crippen LogP contribution in [0.4, 0.5) is 5.69 Å². The fraction of sp³-hybridized carbons (Fsp3) is 0.364. The van der Waals surface area contributed by atoms with Crippen molar-refractivity contribution in [1.29, 1.82) is 0 Å². The van der Waals surface area contributed by atoms with E-state index in [9.17, 15) is 4.79 Å². The van der Waals surface area contributed by atoms with E-state index in [1.54, 1.807) is 0 Å². The van der Waals surface area contributed by atoms with Crippen molar-refractivity contribution in [2.75, 3.05) is 12.8 Å². The van der Waals surface area contributed by atoms with E-state index in [0.717, 1.165) is 25.7 Å². The Morgan fingerprint density at radius 2 is 1.94 bits per heavy atom. The van der Waals surface area contributed by atoms with Crippen molar-refractivity contribution in [1.82, 2.24) is 0 Å². The number of benzene rings is 1. The predicted molar refractivity (Wildman–Crippen MR) is 81.2 cm³/mol. The molecule has 2 N–H and O–H groups in total. The number of hydrogen-bond donors (Lipinski definition) is 1. The molecule has 16 heavy (non-hydrogen) atoms. The van der Waals surface area contributed by atoms with Crippen molar-refractivity contribution in [3.05, 3.63) is 24.8 Å². The average Bonchev–Trinajstić information content (AvgIpc) is 2.25. The molecule has 3 nitrogen and oxygen atoms in total. The summed E-state index contributed by atoms with van der Waals surface area (Å²) < 4.78 is 6.73. The summed E-state index contributed by atoms with van der Waals surface area (Å²) in [5.41, 5.74) is 7.91. The molecule has 0 bridgehead atoms. The van der Waals surface area contributed by atoms with E-state index in [4.69, 9.17) is 5.73 Å². The van der Waals surface area contributed by atoms with Crippen LogP contribution >= 0.6 is 45.2 Å². The summed E-state index contributed by atoms with van der Waals surface area (Å²) in [4.78, 5) is 10.9. The summed E-state index contributed by atoms with van der Waals surface area (Å²) in [7, 11) is 1.41. The molecule has 0 radical (unpaired) electrons. The molecule has 0 aliphatic rings. The summed E-state index contributed by atoms with van der Waals surface area (Å²) in [6.07, 6.45) is 2.15. The van der Waals surface area contributed by atoms with Gasteiger partial charge in [0, 0.05) is 13.6 Å². The van der Waals surface area contributed by atoms with Gasteiger partial charge in [0.15, 0.2) is 0 Å². The van der Waals surface area contributed by atoms with Crippen LogP contribution in [0.1, 0.15) is 18.4 Å². The minimum Gasteiger partial charge on any atom is -0.469 e. The molecular formula is C11H13I2NO2. The molecule has 0 atom stereocenters. The summed E-state index contributed by atoms with van der Waals surface area (Å²) in [6, 6.07) is 4.13. The smallest absolute Gasteiger partial charge is 0.305 e. The molecule has 0 heterocycles. The maximum Gasteiger partial charge on any atom is 0.305 e. The average molecular weight is 445 g/mol. The highest BCUT2D eigenvalue weighted by atomic mass is 127. The van der Waals surface area contributed by atoms with E-state index >= 15 is 0 Å². The molecule has 0 aliphatic heterocycles. The number of halogens is 2. The standard InChI is InChI=1S/C11H13I2NO2/c1-16-10(15)4-2-3-7-5-8(12)11(14)9(13)6-7/h5-6H,2-4,14H2,1H3. The van der Waals surface area contributed by atoms with Gasteiger partial charge in [-0.05, 0) is 75.7 Å². The van der Waals surface area contributed by atoms with E-state index in [1.165, 1.54) is 12.7 Å². The first-order chi connectivity index (χ1) is 7.54. The fourth-order valence-electron chi connectivity index (χ4n) is 1.32. The van der Waals surface area contributed by atoms with Gasteiger partial charge in [-0.25, -0.2) is 0 Å². The van der Waals surface area contributed by atoms with Crippen LogP contribution in [0.3, 0.4) is 0 Å². The Kier molecular flexibility index (Phi) is 5.81. The van der Waals surface area contributed by atoms with Crippen molar-refractivity contribution < 1.29 is 9.53 Å². The number of esters is 1. The Bertz CT molecular complexity index is 371. The zero-order valence-corrected chi connectivity index (χ0v) is 13.2. The molecule has 1 aromatic carbocycles. The van der Waals surface area contributed by atoms with E-state index in [0.29, 0.717) is 6.42 Å². The van der Waals surface area contributed by atoms with E-state index < -0.39 is 0 Å². The molecule has 0 amide bonds. The number of methoxy groups -OCH3 is 1. The van der Waals surface area contributed by atoms with Crippen LogP contribution in [0.15, 0.2) is 12.1 Å². The third-order valence-corrected chi connectivity index (χ3v) is 4.00. The lowest BCUT2D eigenvalue weighted by atomic mass is 10.1. The maximum atomic E-state index is 10.9. The Hall–Kier alpha value is -0.0500. The van der Waals surface area contributed by atoms with Crippen molar-refractivity contribution in [3.63, 3.8) is 0 Å². The monoisotopic (exact) mass is 445 g/mol. The normalized spacial score (nSPS) is 10.2. The minimum atomic E-state index is -0.153. The molecule has 0 spiro atoms. The van der Waals surface area contributed by atoms with Crippen LogP contribution in [0.25, 0.3) is 0 Å². The van der Waals surface area contributed by atoms with Gasteiger partial charge in [0.2, 0.25) is 0 Å². The maximum absolute atomic E-state index is 10.9. The van der Waals surface area contributed by atoms with Gasteiger partial charge in [-0.1, -0.05) is 0 Å². The second-order valence-electron chi connectivity index (χ2n) is 3.40. The van der Waals surface area contributed by atoms with Crippen molar-refractivity contribution in [2.24, 2.45) is 0 Å². The molecular weight excluding hydrogens is 432 g/mol. The number of ether oxygens (including phenoxy) is 1. The quantitative estimate of drug-likeness (QED) is 0.441. The van der Waals surface area contributed by atoms with Crippen LogP contribution in [-0.4, -0.2) is 13.1 Å². The van der Waals surface area contributed by atoms with Crippen LogP contribution in [0.5, 0.6) is 0 Å². The first kappa shape index (κ1) is 14.0. The Balaban J connectivity index is 2.58. The number of anilines is 1. The van der Waals surface area contributed by atoms with Gasteiger partial charge in [-0.3, -0.25) is 4.79 Å². The van der Waals surface area contributed by atoms with Crippen molar-refractivity contribution in [2.45, 2.75) is 19.3 Å². The lowest BCUT2D eigenvalue weighted by Gasteiger charge is -2.06. The second kappa shape index (κ2) is 6.63. The molecule has 0 aliphatic carbocycles. The topological polar surface area (TPSA) is 52.3 Å². The van der Waals surface area contributed by atoms with Gasteiger partial charge in [-0.15, -0.1) is 0 Å². The number of rotatable bonds is 4. The highest BCUT2D eigenvalue weighted by Gasteiger charge is 2.05. The number of carbonyl (C=O) groups excluding carboxylic acids is 1. The number of aryl methyl sites for hydroxylation is 1. The van der Waals surface area contributed by atoms with Gasteiger partial charge in [0.25, 0.3) is 0 Å². The van der Waals surface area contributed by atoms with Crippen LogP contribution in [-0.2, 0) is 16.0 Å². The zero-order valence-electron chi connectivity index (χ0n) is 8.93. The zero-order chi connectivity index (χ0) is 12.1. The van der Waals surface area contributed by atoms with Gasteiger partial charge in [-0.2, -0.15) is 0 Å². The Labute approximate surface area is 122 Å². The second-order valence-corrected chi connectivity index (χ2v) is 5.73. The van der Waals surface area contributed by atoms with Crippen LogP contribution in [0, 0.1) is 7.14 Å². The lowest BCUT2D eigenvalue weighted by molar-refractivity contribution is -0.140. The third kappa shape index (κ3) is 4.08. The van der Waals surface area contributed by atoms with E-state index in [2.05, 4.69) is 62.1 Å². The lowest BCUT2D eigenvalue weighted by Crippen LogP contribution is -2.01. The van der Waals surface area contributed by atoms with Crippen molar-refractivity contribution >= 4 is 56.8 Å². The molecule has 0 fully saturated rings. The predicted octanol–water partition coefficient (Wildman–Crippen LogP) is 2.97. The fourth-order valence-corrected chi connectivity index (χ4v) is 3.22. The van der Waals surface area contributed by atoms with Gasteiger partial charge >= 0.3 is 5.97 Å². The highest BCUT2D eigenvalue weighted by molar-refractivity contribution is 14.1. The number of nitrogens with two attached hydrogens (primary N) is 1. The number of hydrogen-bond acceptors (Lipinski definition) is 3. The summed E-state index contributed by atoms with van der Waals surface area (Å²) in [5.74, 6) is -0.153. The van der Waals surface area contributed by atoms with Gasteiger partial charge in [0.1, 0.15) is 0 Å². The van der Waals surface area contributed by atoms with Crippen LogP contribution < -0.4 is 5.73 Å². The summed E-state index contributed by atoms with van der Waals surface area (Å²) in [5, 5.41) is 0. The Morgan fingerprint density at radius 1 is 1.38 bits per heavy atom. The molecule has 0 aromatic heterocycles. The molecule has 0 saturated heterocycles.